The zero-order valence-electron chi connectivity index (χ0n) is 14.8. The van der Waals surface area contributed by atoms with E-state index >= 15 is 0 Å². The first-order valence-electron chi connectivity index (χ1n) is 8.40. The molecule has 1 heterocycles. The number of nitrogens with one attached hydrogen (secondary N) is 1. The first-order valence-corrected chi connectivity index (χ1v) is 8.40. The van der Waals surface area contributed by atoms with Gasteiger partial charge in [0.05, 0.1) is 20.6 Å². The molecule has 0 bridgehead atoms. The lowest BCUT2D eigenvalue weighted by atomic mass is 10.0. The molecule has 1 saturated heterocycles. The number of carbonyl (C=O) groups excluding carboxylic acids is 1. The number of benzene rings is 1. The van der Waals surface area contributed by atoms with Gasteiger partial charge in [-0.3, -0.25) is 4.79 Å². The summed E-state index contributed by atoms with van der Waals surface area (Å²) in [5, 5.41) is 3.36. The van der Waals surface area contributed by atoms with E-state index in [9.17, 15) is 4.79 Å². The molecule has 136 valence electrons. The quantitative estimate of drug-likeness (QED) is 0.816. The average molecular weight is 357 g/mol. The highest BCUT2D eigenvalue weighted by atomic mass is 35.5. The fourth-order valence-electron chi connectivity index (χ4n) is 3.15. The summed E-state index contributed by atoms with van der Waals surface area (Å²) in [4.78, 5) is 14.9. The van der Waals surface area contributed by atoms with Crippen LogP contribution in [0.15, 0.2) is 18.2 Å². The second-order valence-electron chi connectivity index (χ2n) is 5.92. The van der Waals surface area contributed by atoms with Gasteiger partial charge in [-0.2, -0.15) is 0 Å². The molecule has 0 saturated carbocycles. The smallest absolute Gasteiger partial charge is 0.227 e. The minimum absolute atomic E-state index is 0. The van der Waals surface area contributed by atoms with Gasteiger partial charge in [-0.25, -0.2) is 0 Å². The molecule has 1 fully saturated rings. The van der Waals surface area contributed by atoms with Gasteiger partial charge in [0.15, 0.2) is 0 Å². The Kier molecular flexibility index (Phi) is 8.93. The first-order chi connectivity index (χ1) is 11.2. The van der Waals surface area contributed by atoms with Gasteiger partial charge in [0.25, 0.3) is 0 Å². The van der Waals surface area contributed by atoms with Crippen LogP contribution >= 0.6 is 12.4 Å². The normalized spacial score (nSPS) is 14.6. The van der Waals surface area contributed by atoms with Crippen LogP contribution < -0.4 is 14.8 Å². The van der Waals surface area contributed by atoms with Crippen LogP contribution in [0, 0.1) is 0 Å². The van der Waals surface area contributed by atoms with Gasteiger partial charge in [0, 0.05) is 18.2 Å². The van der Waals surface area contributed by atoms with Crippen LogP contribution in [-0.2, 0) is 11.2 Å². The Morgan fingerprint density at radius 3 is 2.54 bits per heavy atom. The van der Waals surface area contributed by atoms with E-state index in [2.05, 4.69) is 17.1 Å². The Morgan fingerprint density at radius 1 is 1.25 bits per heavy atom. The Morgan fingerprint density at radius 2 is 1.96 bits per heavy atom. The second kappa shape index (κ2) is 10.4. The number of amides is 1. The van der Waals surface area contributed by atoms with E-state index in [-0.39, 0.29) is 18.3 Å². The van der Waals surface area contributed by atoms with Gasteiger partial charge in [0.2, 0.25) is 5.91 Å². The largest absolute Gasteiger partial charge is 0.497 e. The molecule has 1 aromatic carbocycles. The average Bonchev–Trinajstić information content (AvgIpc) is 2.60. The summed E-state index contributed by atoms with van der Waals surface area (Å²) in [6, 6.07) is 5.95. The van der Waals surface area contributed by atoms with E-state index in [1.165, 1.54) is 0 Å². The van der Waals surface area contributed by atoms with E-state index in [0.29, 0.717) is 12.5 Å². The van der Waals surface area contributed by atoms with Crippen molar-refractivity contribution in [3.8, 4) is 11.5 Å². The number of nitrogens with zero attached hydrogens (tertiary/aromatic N) is 1. The van der Waals surface area contributed by atoms with Gasteiger partial charge in [-0.05, 0) is 50.6 Å². The van der Waals surface area contributed by atoms with Crippen LogP contribution in [0.5, 0.6) is 11.5 Å². The zero-order chi connectivity index (χ0) is 16.7. The molecule has 0 radical (unpaired) electrons. The third-order valence-electron chi connectivity index (χ3n) is 4.36. The minimum Gasteiger partial charge on any atom is -0.497 e. The molecular formula is C18H29ClN2O3. The van der Waals surface area contributed by atoms with Crippen LogP contribution in [0.25, 0.3) is 0 Å². The molecule has 0 atom stereocenters. The van der Waals surface area contributed by atoms with Crippen molar-refractivity contribution >= 4 is 18.3 Å². The first kappa shape index (κ1) is 20.6. The van der Waals surface area contributed by atoms with Crippen molar-refractivity contribution in [1.29, 1.82) is 0 Å². The second-order valence-corrected chi connectivity index (χ2v) is 5.92. The molecule has 5 nitrogen and oxygen atoms in total. The molecule has 1 aliphatic rings. The van der Waals surface area contributed by atoms with Crippen LogP contribution in [0.4, 0.5) is 0 Å². The van der Waals surface area contributed by atoms with Crippen molar-refractivity contribution in [3.63, 3.8) is 0 Å². The number of hydrogen-bond acceptors (Lipinski definition) is 4. The molecule has 1 N–H and O–H groups in total. The van der Waals surface area contributed by atoms with E-state index < -0.39 is 0 Å². The molecule has 0 spiro atoms. The van der Waals surface area contributed by atoms with Gasteiger partial charge >= 0.3 is 0 Å². The molecule has 6 heteroatoms. The fraction of sp³-hybridized carbons (Fsp3) is 0.611. The maximum Gasteiger partial charge on any atom is 0.227 e. The van der Waals surface area contributed by atoms with Crippen molar-refractivity contribution in [1.82, 2.24) is 10.2 Å². The third kappa shape index (κ3) is 5.28. The summed E-state index contributed by atoms with van der Waals surface area (Å²) < 4.78 is 10.7. The number of halogens is 1. The molecular weight excluding hydrogens is 328 g/mol. The summed E-state index contributed by atoms with van der Waals surface area (Å²) in [5.74, 6) is 1.66. The van der Waals surface area contributed by atoms with E-state index in [0.717, 1.165) is 56.0 Å². The lowest BCUT2D eigenvalue weighted by Crippen LogP contribution is -2.47. The lowest BCUT2D eigenvalue weighted by Gasteiger charge is -2.34. The highest BCUT2D eigenvalue weighted by Crippen LogP contribution is 2.25. The summed E-state index contributed by atoms with van der Waals surface area (Å²) in [6.45, 7) is 4.91. The molecule has 0 unspecified atom stereocenters. The van der Waals surface area contributed by atoms with Gasteiger partial charge in [-0.15, -0.1) is 12.4 Å². The standard InChI is InChI=1S/C18H28N2O3.ClH/c1-4-11-20(15-7-9-19-10-8-15)18(21)13-14-12-16(22-2)5-6-17(14)23-3;/h5-6,12,15,19H,4,7-11,13H2,1-3H3;1H. The predicted molar refractivity (Wildman–Crippen MR) is 98.4 cm³/mol. The highest BCUT2D eigenvalue weighted by molar-refractivity contribution is 5.85. The zero-order valence-corrected chi connectivity index (χ0v) is 15.7. The minimum atomic E-state index is 0. The fourth-order valence-corrected chi connectivity index (χ4v) is 3.15. The Bertz CT molecular complexity index is 519. The number of hydrogen-bond donors (Lipinski definition) is 1. The van der Waals surface area contributed by atoms with Crippen LogP contribution in [-0.4, -0.2) is 50.7 Å². The van der Waals surface area contributed by atoms with Crippen molar-refractivity contribution in [2.24, 2.45) is 0 Å². The van der Waals surface area contributed by atoms with Crippen LogP contribution in [0.1, 0.15) is 31.7 Å². The molecule has 1 aromatic rings. The monoisotopic (exact) mass is 356 g/mol. The number of piperidine rings is 1. The summed E-state index contributed by atoms with van der Waals surface area (Å²) in [5.41, 5.74) is 0.881. The summed E-state index contributed by atoms with van der Waals surface area (Å²) >= 11 is 0. The Hall–Kier alpha value is -1.46. The maximum atomic E-state index is 12.9. The van der Waals surface area contributed by atoms with E-state index in [4.69, 9.17) is 9.47 Å². The van der Waals surface area contributed by atoms with Crippen molar-refractivity contribution in [3.05, 3.63) is 23.8 Å². The number of methoxy groups -OCH3 is 2. The van der Waals surface area contributed by atoms with Crippen molar-refractivity contribution < 1.29 is 14.3 Å². The van der Waals surface area contributed by atoms with E-state index in [1.807, 2.05) is 18.2 Å². The molecule has 2 rings (SSSR count). The lowest BCUT2D eigenvalue weighted by molar-refractivity contribution is -0.133. The third-order valence-corrected chi connectivity index (χ3v) is 4.36. The van der Waals surface area contributed by atoms with Crippen LogP contribution in [0.2, 0.25) is 0 Å². The number of ether oxygens (including phenoxy) is 2. The van der Waals surface area contributed by atoms with Gasteiger partial charge in [-0.1, -0.05) is 6.92 Å². The van der Waals surface area contributed by atoms with Gasteiger partial charge in [0.1, 0.15) is 11.5 Å². The van der Waals surface area contributed by atoms with Crippen molar-refractivity contribution in [2.75, 3.05) is 33.9 Å². The van der Waals surface area contributed by atoms with E-state index in [1.54, 1.807) is 14.2 Å². The SMILES string of the molecule is CCCN(C(=O)Cc1cc(OC)ccc1OC)C1CCNCC1.Cl. The highest BCUT2D eigenvalue weighted by Gasteiger charge is 2.25. The Balaban J connectivity index is 0.00000288. The molecule has 24 heavy (non-hydrogen) atoms. The van der Waals surface area contributed by atoms with Gasteiger partial charge < -0.3 is 19.7 Å². The summed E-state index contributed by atoms with van der Waals surface area (Å²) in [7, 11) is 3.26. The number of rotatable bonds is 7. The molecule has 1 aliphatic heterocycles. The number of carbonyl (C=O) groups is 1. The Labute approximate surface area is 151 Å². The van der Waals surface area contributed by atoms with Crippen molar-refractivity contribution in [2.45, 2.75) is 38.6 Å². The molecule has 1 amide bonds. The molecule has 0 aromatic heterocycles. The molecule has 0 aliphatic carbocycles. The maximum absolute atomic E-state index is 12.9. The topological polar surface area (TPSA) is 50.8 Å². The predicted octanol–water partition coefficient (Wildman–Crippen LogP) is 2.66. The summed E-state index contributed by atoms with van der Waals surface area (Å²) in [6.07, 6.45) is 3.39. The van der Waals surface area contributed by atoms with Crippen LogP contribution in [0.3, 0.4) is 0 Å².